The largest absolute Gasteiger partial charge is 0.379 e. The van der Waals surface area contributed by atoms with Crippen molar-refractivity contribution in [2.45, 2.75) is 44.2 Å². The van der Waals surface area contributed by atoms with Crippen molar-refractivity contribution in [3.05, 3.63) is 95.8 Å². The molecule has 0 atom stereocenters. The zero-order chi connectivity index (χ0) is 23.1. The third kappa shape index (κ3) is 6.40. The molecule has 1 amide bonds. The van der Waals surface area contributed by atoms with E-state index in [1.165, 1.54) is 6.07 Å². The number of aryl methyl sites for hydroxylation is 1. The van der Waals surface area contributed by atoms with Gasteiger partial charge in [0.05, 0.1) is 0 Å². The van der Waals surface area contributed by atoms with E-state index in [-0.39, 0.29) is 22.6 Å². The van der Waals surface area contributed by atoms with Gasteiger partial charge in [-0.1, -0.05) is 42.5 Å². The fourth-order valence-electron chi connectivity index (χ4n) is 3.27. The normalized spacial score (nSPS) is 11.4. The number of carbonyl (C=O) groups excluding carboxylic acids is 1. The molecule has 0 unspecified atom stereocenters. The fraction of sp³-hybridized carbons (Fsp3) is 0.240. The Balaban J connectivity index is 1.69. The van der Waals surface area contributed by atoms with E-state index in [0.717, 1.165) is 35.4 Å². The monoisotopic (exact) mass is 455 g/mol. The first-order valence-corrected chi connectivity index (χ1v) is 11.8. The molecule has 3 rings (SSSR count). The van der Waals surface area contributed by atoms with Crippen LogP contribution in [0.25, 0.3) is 0 Å². The number of hydrogen-bond donors (Lipinski definition) is 0. The lowest BCUT2D eigenvalue weighted by atomic mass is 10.1. The molecule has 7 heteroatoms. The minimum atomic E-state index is -4.09. The van der Waals surface area contributed by atoms with Gasteiger partial charge in [0.25, 0.3) is 0 Å². The van der Waals surface area contributed by atoms with Crippen molar-refractivity contribution in [1.82, 2.24) is 4.90 Å². The molecule has 0 aliphatic carbocycles. The van der Waals surface area contributed by atoms with Gasteiger partial charge in [0.1, 0.15) is 16.5 Å². The van der Waals surface area contributed by atoms with Crippen LogP contribution >= 0.6 is 0 Å². The second kappa shape index (κ2) is 10.4. The standard InChI is InChI=1S/C25H26FNO4S/c1-19(2)27(25(28)16-11-20-7-4-3-5-8-20)18-21-9-6-10-23(17-21)31-32(29,30)24-14-12-22(26)13-15-24/h3-10,12-15,17,19H,11,16,18H2,1-2H3. The Morgan fingerprint density at radius 2 is 1.59 bits per heavy atom. The van der Waals surface area contributed by atoms with Crippen LogP contribution in [0, 0.1) is 5.82 Å². The molecule has 0 radical (unpaired) electrons. The van der Waals surface area contributed by atoms with Gasteiger partial charge in [0.15, 0.2) is 0 Å². The third-order valence-electron chi connectivity index (χ3n) is 4.97. The van der Waals surface area contributed by atoms with Crippen LogP contribution in [0.4, 0.5) is 4.39 Å². The lowest BCUT2D eigenvalue weighted by Gasteiger charge is -2.27. The zero-order valence-corrected chi connectivity index (χ0v) is 18.9. The number of rotatable bonds is 9. The summed E-state index contributed by atoms with van der Waals surface area (Å²) in [5.41, 5.74) is 1.85. The highest BCUT2D eigenvalue weighted by Crippen LogP contribution is 2.22. The first-order valence-electron chi connectivity index (χ1n) is 10.4. The molecule has 0 fully saturated rings. The topological polar surface area (TPSA) is 63.7 Å². The van der Waals surface area contributed by atoms with E-state index in [9.17, 15) is 17.6 Å². The van der Waals surface area contributed by atoms with E-state index < -0.39 is 15.9 Å². The predicted molar refractivity (Wildman–Crippen MR) is 121 cm³/mol. The number of carbonyl (C=O) groups is 1. The van der Waals surface area contributed by atoms with Crippen LogP contribution in [0.1, 0.15) is 31.4 Å². The molecule has 32 heavy (non-hydrogen) atoms. The van der Waals surface area contributed by atoms with Gasteiger partial charge < -0.3 is 9.08 Å². The zero-order valence-electron chi connectivity index (χ0n) is 18.1. The summed E-state index contributed by atoms with van der Waals surface area (Å²) in [5.74, 6) is -0.377. The Morgan fingerprint density at radius 3 is 2.25 bits per heavy atom. The maximum Gasteiger partial charge on any atom is 0.339 e. The van der Waals surface area contributed by atoms with Crippen LogP contribution in [0.15, 0.2) is 83.8 Å². The minimum Gasteiger partial charge on any atom is -0.379 e. The Labute approximate surface area is 188 Å². The second-order valence-electron chi connectivity index (χ2n) is 7.74. The molecule has 0 N–H and O–H groups in total. The molecule has 0 spiro atoms. The average molecular weight is 456 g/mol. The van der Waals surface area contributed by atoms with E-state index in [1.54, 1.807) is 17.0 Å². The van der Waals surface area contributed by atoms with Crippen molar-refractivity contribution in [3.63, 3.8) is 0 Å². The predicted octanol–water partition coefficient (Wildman–Crippen LogP) is 4.96. The van der Waals surface area contributed by atoms with E-state index in [1.807, 2.05) is 50.2 Å². The Morgan fingerprint density at radius 1 is 0.938 bits per heavy atom. The number of halogens is 1. The lowest BCUT2D eigenvalue weighted by molar-refractivity contribution is -0.133. The van der Waals surface area contributed by atoms with Crippen LogP contribution in [-0.2, 0) is 27.9 Å². The number of benzene rings is 3. The summed E-state index contributed by atoms with van der Waals surface area (Å²) in [6.07, 6.45) is 1.04. The highest BCUT2D eigenvalue weighted by atomic mass is 32.2. The Hall–Kier alpha value is -3.19. The fourth-order valence-corrected chi connectivity index (χ4v) is 4.19. The summed E-state index contributed by atoms with van der Waals surface area (Å²) < 4.78 is 43.3. The highest BCUT2D eigenvalue weighted by Gasteiger charge is 2.19. The van der Waals surface area contributed by atoms with Crippen LogP contribution in [0.3, 0.4) is 0 Å². The van der Waals surface area contributed by atoms with Crippen molar-refractivity contribution >= 4 is 16.0 Å². The smallest absolute Gasteiger partial charge is 0.339 e. The van der Waals surface area contributed by atoms with Gasteiger partial charge in [0, 0.05) is 19.0 Å². The van der Waals surface area contributed by atoms with Crippen molar-refractivity contribution in [2.24, 2.45) is 0 Å². The number of amides is 1. The summed E-state index contributed by atoms with van der Waals surface area (Å²) in [6.45, 7) is 4.22. The maximum atomic E-state index is 13.1. The number of nitrogens with zero attached hydrogens (tertiary/aromatic N) is 1. The molecule has 0 aliphatic heterocycles. The second-order valence-corrected chi connectivity index (χ2v) is 9.29. The van der Waals surface area contributed by atoms with Gasteiger partial charge in [-0.3, -0.25) is 4.79 Å². The molecule has 0 saturated carbocycles. The van der Waals surface area contributed by atoms with Crippen molar-refractivity contribution < 1.29 is 21.8 Å². The molecule has 5 nitrogen and oxygen atoms in total. The van der Waals surface area contributed by atoms with E-state index in [0.29, 0.717) is 19.4 Å². The minimum absolute atomic E-state index is 0.0223. The molecule has 3 aromatic carbocycles. The van der Waals surface area contributed by atoms with Crippen LogP contribution in [-0.4, -0.2) is 25.3 Å². The average Bonchev–Trinajstić information content (AvgIpc) is 2.76. The van der Waals surface area contributed by atoms with Gasteiger partial charge in [-0.15, -0.1) is 0 Å². The summed E-state index contributed by atoms with van der Waals surface area (Å²) in [7, 11) is -4.09. The van der Waals surface area contributed by atoms with Crippen LogP contribution < -0.4 is 4.18 Å². The first-order chi connectivity index (χ1) is 15.2. The Bertz CT molecular complexity index is 1150. The summed E-state index contributed by atoms with van der Waals surface area (Å²) in [4.78, 5) is 14.5. The molecule has 0 bridgehead atoms. The first kappa shape index (κ1) is 23.5. The quantitative estimate of drug-likeness (QED) is 0.428. The molecule has 0 aliphatic rings. The van der Waals surface area contributed by atoms with Gasteiger partial charge >= 0.3 is 10.1 Å². The van der Waals surface area contributed by atoms with Crippen molar-refractivity contribution in [1.29, 1.82) is 0 Å². The van der Waals surface area contributed by atoms with Gasteiger partial charge in [-0.25, -0.2) is 4.39 Å². The lowest BCUT2D eigenvalue weighted by Crippen LogP contribution is -2.36. The third-order valence-corrected chi connectivity index (χ3v) is 6.24. The van der Waals surface area contributed by atoms with E-state index >= 15 is 0 Å². The van der Waals surface area contributed by atoms with Gasteiger partial charge in [-0.2, -0.15) is 8.42 Å². The molecule has 0 heterocycles. The molecular weight excluding hydrogens is 429 g/mol. The van der Waals surface area contributed by atoms with Crippen molar-refractivity contribution in [2.75, 3.05) is 0 Å². The summed E-state index contributed by atoms with van der Waals surface area (Å²) in [6, 6.07) is 20.9. The maximum absolute atomic E-state index is 13.1. The van der Waals surface area contributed by atoms with Crippen LogP contribution in [0.5, 0.6) is 5.75 Å². The van der Waals surface area contributed by atoms with Crippen LogP contribution in [0.2, 0.25) is 0 Å². The molecular formula is C25H26FNO4S. The summed E-state index contributed by atoms with van der Waals surface area (Å²) >= 11 is 0. The SMILES string of the molecule is CC(C)N(Cc1cccc(OS(=O)(=O)c2ccc(F)cc2)c1)C(=O)CCc1ccccc1. The molecule has 3 aromatic rings. The Kier molecular flexibility index (Phi) is 7.64. The van der Waals surface area contributed by atoms with Gasteiger partial charge in [0.2, 0.25) is 5.91 Å². The van der Waals surface area contributed by atoms with Crippen molar-refractivity contribution in [3.8, 4) is 5.75 Å². The number of hydrogen-bond acceptors (Lipinski definition) is 4. The van der Waals surface area contributed by atoms with Gasteiger partial charge in [-0.05, 0) is 67.8 Å². The highest BCUT2D eigenvalue weighted by molar-refractivity contribution is 7.87. The molecule has 168 valence electrons. The molecule has 0 saturated heterocycles. The summed E-state index contributed by atoms with van der Waals surface area (Å²) in [5, 5.41) is 0. The molecule has 0 aromatic heterocycles. The van der Waals surface area contributed by atoms with E-state index in [4.69, 9.17) is 4.18 Å². The van der Waals surface area contributed by atoms with E-state index in [2.05, 4.69) is 0 Å².